The highest BCUT2D eigenvalue weighted by Crippen LogP contribution is 2.38. The van der Waals surface area contributed by atoms with Crippen molar-refractivity contribution in [2.45, 2.75) is 0 Å². The van der Waals surface area contributed by atoms with E-state index in [1.165, 1.54) is 0 Å². The quantitative estimate of drug-likeness (QED) is 0.146. The summed E-state index contributed by atoms with van der Waals surface area (Å²) in [7, 11) is 1.65. The standard InChI is InChI=1S/C39H32N8O4/c1-48-16-17-49-18-19-50-20-21-51-23-14-15-30-31(22-23)39-46-37-29-13-7-6-12-28(29)35(44-37)42-33-25-9-3-2-8-24(25)32(40-33)41-34-26-10-4-5-11-27(26)36(43-34)45-38(30)47-39/h2-15,22H,16-21H2,1H3,(H2,40,41,42,43,44,45,46,47). The number of rotatable bonds is 10. The predicted molar refractivity (Wildman–Crippen MR) is 195 cm³/mol. The summed E-state index contributed by atoms with van der Waals surface area (Å²) < 4.78 is 22.2. The third-order valence-corrected chi connectivity index (χ3v) is 8.82. The van der Waals surface area contributed by atoms with Crippen molar-refractivity contribution in [3.8, 4) is 51.3 Å². The monoisotopic (exact) mass is 676 g/mol. The minimum atomic E-state index is 0.375. The van der Waals surface area contributed by atoms with Gasteiger partial charge in [0.2, 0.25) is 0 Å². The maximum absolute atomic E-state index is 6.09. The molecule has 0 unspecified atom stereocenters. The average Bonchev–Trinajstić information content (AvgIpc) is 3.90. The number of fused-ring (bicyclic) bond motifs is 20. The van der Waals surface area contributed by atoms with E-state index in [-0.39, 0.29) is 0 Å². The van der Waals surface area contributed by atoms with E-state index in [9.17, 15) is 0 Å². The maximum Gasteiger partial charge on any atom is 0.164 e. The van der Waals surface area contributed by atoms with Gasteiger partial charge < -0.3 is 28.9 Å². The van der Waals surface area contributed by atoms with Gasteiger partial charge in [-0.1, -0.05) is 72.8 Å². The topological polar surface area (TPSA) is 146 Å². The molecule has 252 valence electrons. The highest BCUT2D eigenvalue weighted by Gasteiger charge is 2.22. The Hall–Kier alpha value is -6.08. The van der Waals surface area contributed by atoms with Crippen LogP contribution in [-0.4, -0.2) is 86.6 Å². The zero-order valence-corrected chi connectivity index (χ0v) is 27.7. The number of aromatic nitrogens is 8. The predicted octanol–water partition coefficient (Wildman–Crippen LogP) is 6.93. The first-order chi connectivity index (χ1) is 25.2. The van der Waals surface area contributed by atoms with Crippen LogP contribution >= 0.6 is 0 Å². The van der Waals surface area contributed by atoms with Gasteiger partial charge in [-0.25, -0.2) is 29.9 Å². The molecular formula is C39H32N8O4. The zero-order chi connectivity index (χ0) is 34.1. The van der Waals surface area contributed by atoms with Crippen molar-refractivity contribution in [2.75, 3.05) is 46.8 Å². The Labute approximate surface area is 291 Å². The van der Waals surface area contributed by atoms with Crippen LogP contribution in [0.25, 0.3) is 89.7 Å². The van der Waals surface area contributed by atoms with Crippen molar-refractivity contribution in [3.63, 3.8) is 0 Å². The van der Waals surface area contributed by atoms with Gasteiger partial charge in [0.05, 0.1) is 33.0 Å². The second-order valence-electron chi connectivity index (χ2n) is 12.0. The van der Waals surface area contributed by atoms with Crippen LogP contribution in [0.3, 0.4) is 0 Å². The lowest BCUT2D eigenvalue weighted by Gasteiger charge is -2.09. The Balaban J connectivity index is 1.20. The molecule has 2 aliphatic heterocycles. The molecule has 51 heavy (non-hydrogen) atoms. The number of nitrogens with one attached hydrogen (secondary N) is 2. The van der Waals surface area contributed by atoms with E-state index in [0.29, 0.717) is 91.3 Å². The Morgan fingerprint density at radius 2 is 0.843 bits per heavy atom. The van der Waals surface area contributed by atoms with E-state index >= 15 is 0 Å². The van der Waals surface area contributed by atoms with E-state index in [2.05, 4.69) is 9.97 Å². The summed E-state index contributed by atoms with van der Waals surface area (Å²) in [5.74, 6) is 2.84. The second kappa shape index (κ2) is 13.3. The lowest BCUT2D eigenvalue weighted by Crippen LogP contribution is -2.12. The Morgan fingerprint density at radius 1 is 0.431 bits per heavy atom. The molecule has 12 heteroatoms. The van der Waals surface area contributed by atoms with Crippen molar-refractivity contribution in [1.82, 2.24) is 39.9 Å². The van der Waals surface area contributed by atoms with Crippen LogP contribution in [0.4, 0.5) is 0 Å². The molecule has 0 spiro atoms. The molecule has 0 atom stereocenters. The van der Waals surface area contributed by atoms with E-state index in [0.717, 1.165) is 43.8 Å². The SMILES string of the molecule is COCCOCCOCCOc1ccc2c(c1)-c1nc-2nc2[nH]c(nc3nc(nc4[nH]c(n1)c1ccccc41)-c1ccccc1-3)c1ccccc21. The number of aromatic amines is 2. The fourth-order valence-corrected chi connectivity index (χ4v) is 6.39. The summed E-state index contributed by atoms with van der Waals surface area (Å²) in [6.07, 6.45) is 0. The molecule has 9 rings (SSSR count). The third kappa shape index (κ3) is 5.84. The minimum absolute atomic E-state index is 0.375. The summed E-state index contributed by atoms with van der Waals surface area (Å²) >= 11 is 0. The largest absolute Gasteiger partial charge is 0.491 e. The molecule has 5 heterocycles. The van der Waals surface area contributed by atoms with Crippen molar-refractivity contribution in [2.24, 2.45) is 0 Å². The molecule has 8 bridgehead atoms. The second-order valence-corrected chi connectivity index (χ2v) is 12.0. The number of nitrogens with zero attached hydrogens (tertiary/aromatic N) is 6. The fraction of sp³-hybridized carbons (Fsp3) is 0.179. The van der Waals surface area contributed by atoms with E-state index in [1.54, 1.807) is 7.11 Å². The van der Waals surface area contributed by atoms with Gasteiger partial charge in [0, 0.05) is 50.9 Å². The van der Waals surface area contributed by atoms with Gasteiger partial charge >= 0.3 is 0 Å². The van der Waals surface area contributed by atoms with Crippen LogP contribution in [0, 0.1) is 0 Å². The Morgan fingerprint density at radius 3 is 1.33 bits per heavy atom. The first-order valence-corrected chi connectivity index (χ1v) is 16.7. The normalized spacial score (nSPS) is 11.9. The molecule has 0 aliphatic carbocycles. The molecule has 0 radical (unpaired) electrons. The van der Waals surface area contributed by atoms with Gasteiger partial charge in [0.15, 0.2) is 23.3 Å². The molecule has 12 nitrogen and oxygen atoms in total. The lowest BCUT2D eigenvalue weighted by molar-refractivity contribution is 0.0180. The summed E-state index contributed by atoms with van der Waals surface area (Å²) in [6.45, 7) is 2.88. The molecule has 2 N–H and O–H groups in total. The molecule has 0 amide bonds. The minimum Gasteiger partial charge on any atom is -0.491 e. The van der Waals surface area contributed by atoms with Gasteiger partial charge in [0.1, 0.15) is 34.9 Å². The zero-order valence-electron chi connectivity index (χ0n) is 27.7. The summed E-state index contributed by atoms with van der Waals surface area (Å²) in [4.78, 5) is 37.2. The molecule has 7 aromatic rings. The average molecular weight is 677 g/mol. The van der Waals surface area contributed by atoms with Crippen LogP contribution in [-0.2, 0) is 14.2 Å². The van der Waals surface area contributed by atoms with Crippen molar-refractivity contribution in [1.29, 1.82) is 0 Å². The summed E-state index contributed by atoms with van der Waals surface area (Å²) in [6, 6.07) is 29.9. The molecular weight excluding hydrogens is 644 g/mol. The number of ether oxygens (including phenoxy) is 4. The Kier molecular flexibility index (Phi) is 8.08. The highest BCUT2D eigenvalue weighted by atomic mass is 16.6. The van der Waals surface area contributed by atoms with Crippen LogP contribution in [0.5, 0.6) is 5.75 Å². The molecule has 4 aromatic carbocycles. The van der Waals surface area contributed by atoms with Gasteiger partial charge in [-0.3, -0.25) is 0 Å². The van der Waals surface area contributed by atoms with E-state index < -0.39 is 0 Å². The number of benzene rings is 4. The van der Waals surface area contributed by atoms with Crippen molar-refractivity contribution >= 4 is 44.1 Å². The fourth-order valence-electron chi connectivity index (χ4n) is 6.39. The van der Waals surface area contributed by atoms with Crippen LogP contribution in [0.1, 0.15) is 0 Å². The highest BCUT2D eigenvalue weighted by molar-refractivity contribution is 6.06. The molecule has 0 saturated heterocycles. The molecule has 0 fully saturated rings. The molecule has 0 saturated carbocycles. The Bertz CT molecular complexity index is 2590. The van der Waals surface area contributed by atoms with Crippen molar-refractivity contribution in [3.05, 3.63) is 91.0 Å². The van der Waals surface area contributed by atoms with Crippen molar-refractivity contribution < 1.29 is 18.9 Å². The first kappa shape index (κ1) is 30.9. The van der Waals surface area contributed by atoms with Crippen LogP contribution in [0.15, 0.2) is 91.0 Å². The maximum atomic E-state index is 6.09. The van der Waals surface area contributed by atoms with Gasteiger partial charge in [-0.15, -0.1) is 0 Å². The van der Waals surface area contributed by atoms with Gasteiger partial charge in [-0.05, 0) is 18.2 Å². The number of hydrogen-bond acceptors (Lipinski definition) is 10. The first-order valence-electron chi connectivity index (χ1n) is 16.7. The van der Waals surface area contributed by atoms with E-state index in [1.807, 2.05) is 91.0 Å². The van der Waals surface area contributed by atoms with Crippen LogP contribution < -0.4 is 4.74 Å². The van der Waals surface area contributed by atoms with Gasteiger partial charge in [-0.2, -0.15) is 0 Å². The summed E-state index contributed by atoms with van der Waals surface area (Å²) in [5, 5.41) is 3.66. The van der Waals surface area contributed by atoms with Crippen LogP contribution in [0.2, 0.25) is 0 Å². The summed E-state index contributed by atoms with van der Waals surface area (Å²) in [5.41, 5.74) is 6.01. The van der Waals surface area contributed by atoms with Gasteiger partial charge in [0.25, 0.3) is 0 Å². The number of H-pyrrole nitrogens is 2. The molecule has 2 aliphatic rings. The van der Waals surface area contributed by atoms with E-state index in [4.69, 9.17) is 48.9 Å². The number of methoxy groups -OCH3 is 1. The smallest absolute Gasteiger partial charge is 0.164 e. The lowest BCUT2D eigenvalue weighted by atomic mass is 10.1. The number of hydrogen-bond donors (Lipinski definition) is 2. The molecule has 3 aromatic heterocycles. The third-order valence-electron chi connectivity index (χ3n) is 8.82.